The van der Waals surface area contributed by atoms with Crippen molar-refractivity contribution in [3.63, 3.8) is 0 Å². The summed E-state index contributed by atoms with van der Waals surface area (Å²) in [5.41, 5.74) is 8.17. The molecule has 216 valence electrons. The van der Waals surface area contributed by atoms with E-state index in [0.29, 0.717) is 42.3 Å². The van der Waals surface area contributed by atoms with Gasteiger partial charge >= 0.3 is 0 Å². The van der Waals surface area contributed by atoms with Gasteiger partial charge in [-0.05, 0) is 69.1 Å². The summed E-state index contributed by atoms with van der Waals surface area (Å²) in [5, 5.41) is 7.34. The molecule has 0 radical (unpaired) electrons. The fourth-order valence-electron chi connectivity index (χ4n) is 6.99. The highest BCUT2D eigenvalue weighted by Gasteiger charge is 2.28. The molecule has 3 fully saturated rings. The van der Waals surface area contributed by atoms with Crippen LogP contribution in [0.15, 0.2) is 6.33 Å². The van der Waals surface area contributed by atoms with E-state index in [2.05, 4.69) is 47.8 Å². The number of hydrogen-bond acceptors (Lipinski definition) is 7. The van der Waals surface area contributed by atoms with Crippen LogP contribution in [0.25, 0.3) is 11.2 Å². The molecule has 3 aliphatic rings. The molecular weight excluding hydrogens is 488 g/mol. The van der Waals surface area contributed by atoms with E-state index in [1.807, 2.05) is 6.33 Å². The molecular formula is C30H50N8O. The van der Waals surface area contributed by atoms with Crippen LogP contribution in [0.2, 0.25) is 0 Å². The Hall–Kier alpha value is -2.42. The second kappa shape index (κ2) is 12.0. The number of rotatable bonds is 8. The van der Waals surface area contributed by atoms with E-state index in [1.165, 1.54) is 25.7 Å². The molecule has 1 unspecified atom stereocenters. The number of nitrogens with one attached hydrogen (secondary N) is 2. The minimum atomic E-state index is 0.252. The standard InChI is InChI=1S/C30H50N8O/c1-20(18-30(2,3)4)17-25(39)37-15-13-23(14-16-37)33-27-26-28(38(19-32-26)24-7-5-6-8-24)36-29(35-27)34-22-11-9-21(31)10-12-22/h19-24H,5-18,31H2,1-4H3,(H2,33,34,35,36)/t20?,21-,22-. The second-order valence-electron chi connectivity index (χ2n) is 13.8. The van der Waals surface area contributed by atoms with Crippen LogP contribution in [-0.2, 0) is 4.79 Å². The summed E-state index contributed by atoms with van der Waals surface area (Å²) in [6, 6.07) is 1.39. The number of piperidine rings is 1. The van der Waals surface area contributed by atoms with Crippen molar-refractivity contribution < 1.29 is 4.79 Å². The smallest absolute Gasteiger partial charge is 0.227 e. The molecule has 1 amide bonds. The van der Waals surface area contributed by atoms with Gasteiger partial charge < -0.3 is 25.8 Å². The van der Waals surface area contributed by atoms with E-state index < -0.39 is 0 Å². The number of anilines is 2. The molecule has 1 atom stereocenters. The normalized spacial score (nSPS) is 24.3. The molecule has 5 rings (SSSR count). The Balaban J connectivity index is 1.27. The topological polar surface area (TPSA) is 114 Å². The first-order valence-electron chi connectivity index (χ1n) is 15.5. The van der Waals surface area contributed by atoms with Crippen molar-refractivity contribution in [2.45, 2.75) is 129 Å². The van der Waals surface area contributed by atoms with E-state index in [4.69, 9.17) is 20.7 Å². The maximum Gasteiger partial charge on any atom is 0.227 e. The molecule has 0 spiro atoms. The van der Waals surface area contributed by atoms with Gasteiger partial charge in [0.25, 0.3) is 0 Å². The van der Waals surface area contributed by atoms with Crippen molar-refractivity contribution in [1.29, 1.82) is 0 Å². The van der Waals surface area contributed by atoms with Gasteiger partial charge in [0.15, 0.2) is 17.0 Å². The second-order valence-corrected chi connectivity index (χ2v) is 13.8. The zero-order chi connectivity index (χ0) is 27.6. The molecule has 1 aliphatic heterocycles. The van der Waals surface area contributed by atoms with Gasteiger partial charge in [-0.15, -0.1) is 0 Å². The molecule has 2 aromatic heterocycles. The lowest BCUT2D eigenvalue weighted by Crippen LogP contribution is -2.43. The number of hydrogen-bond donors (Lipinski definition) is 3. The van der Waals surface area contributed by atoms with Crippen molar-refractivity contribution in [3.8, 4) is 0 Å². The molecule has 4 N–H and O–H groups in total. The summed E-state index contributed by atoms with van der Waals surface area (Å²) in [6.45, 7) is 10.5. The SMILES string of the molecule is CC(CC(=O)N1CCC(Nc2nc(N[C@H]3CC[C@H](N)CC3)nc3c2ncn3C2CCCC2)CC1)CC(C)(C)C. The molecule has 0 aromatic carbocycles. The Kier molecular flexibility index (Phi) is 8.64. The van der Waals surface area contributed by atoms with Gasteiger partial charge in [0.2, 0.25) is 11.9 Å². The molecule has 2 saturated carbocycles. The van der Waals surface area contributed by atoms with Gasteiger partial charge in [0.05, 0.1) is 6.33 Å². The number of fused-ring (bicyclic) bond motifs is 1. The van der Waals surface area contributed by atoms with Crippen LogP contribution in [-0.4, -0.2) is 61.5 Å². The van der Waals surface area contributed by atoms with Crippen LogP contribution in [0.4, 0.5) is 11.8 Å². The number of nitrogens with zero attached hydrogens (tertiary/aromatic N) is 5. The number of aromatic nitrogens is 4. The quantitative estimate of drug-likeness (QED) is 0.407. The van der Waals surface area contributed by atoms with Gasteiger partial charge in [-0.25, -0.2) is 4.98 Å². The van der Waals surface area contributed by atoms with E-state index >= 15 is 0 Å². The summed E-state index contributed by atoms with van der Waals surface area (Å²) in [4.78, 5) is 29.8. The van der Waals surface area contributed by atoms with Crippen LogP contribution < -0.4 is 16.4 Å². The van der Waals surface area contributed by atoms with Gasteiger partial charge in [0.1, 0.15) is 0 Å². The molecule has 2 aromatic rings. The lowest BCUT2D eigenvalue weighted by atomic mass is 9.84. The number of likely N-dealkylation sites (tertiary alicyclic amines) is 1. The van der Waals surface area contributed by atoms with E-state index in [-0.39, 0.29) is 11.5 Å². The highest BCUT2D eigenvalue weighted by Crippen LogP contribution is 2.34. The van der Waals surface area contributed by atoms with Crippen molar-refractivity contribution in [2.24, 2.45) is 17.1 Å². The molecule has 0 bridgehead atoms. The highest BCUT2D eigenvalue weighted by molar-refractivity contribution is 5.84. The zero-order valence-corrected chi connectivity index (χ0v) is 24.6. The van der Waals surface area contributed by atoms with Gasteiger partial charge in [0, 0.05) is 43.7 Å². The average Bonchev–Trinajstić information content (AvgIpc) is 3.55. The first-order valence-corrected chi connectivity index (χ1v) is 15.5. The fraction of sp³-hybridized carbons (Fsp3) is 0.800. The Morgan fingerprint density at radius 2 is 1.67 bits per heavy atom. The van der Waals surface area contributed by atoms with Crippen LogP contribution in [0.5, 0.6) is 0 Å². The average molecular weight is 539 g/mol. The third-order valence-corrected chi connectivity index (χ3v) is 8.92. The van der Waals surface area contributed by atoms with Gasteiger partial charge in [-0.1, -0.05) is 40.5 Å². The van der Waals surface area contributed by atoms with Crippen LogP contribution >= 0.6 is 0 Å². The largest absolute Gasteiger partial charge is 0.365 e. The van der Waals surface area contributed by atoms with Crippen molar-refractivity contribution in [3.05, 3.63) is 6.33 Å². The monoisotopic (exact) mass is 538 g/mol. The van der Waals surface area contributed by atoms with Crippen LogP contribution in [0, 0.1) is 11.3 Å². The molecule has 1 saturated heterocycles. The van der Waals surface area contributed by atoms with E-state index in [9.17, 15) is 4.79 Å². The Morgan fingerprint density at radius 1 is 1.00 bits per heavy atom. The van der Waals surface area contributed by atoms with Crippen molar-refractivity contribution in [2.75, 3.05) is 23.7 Å². The van der Waals surface area contributed by atoms with Gasteiger partial charge in [-0.2, -0.15) is 9.97 Å². The lowest BCUT2D eigenvalue weighted by Gasteiger charge is -2.34. The predicted molar refractivity (Wildman–Crippen MR) is 158 cm³/mol. The summed E-state index contributed by atoms with van der Waals surface area (Å²) >= 11 is 0. The summed E-state index contributed by atoms with van der Waals surface area (Å²) < 4.78 is 2.27. The number of nitrogens with two attached hydrogens (primary N) is 1. The molecule has 9 heteroatoms. The third kappa shape index (κ3) is 7.21. The molecule has 3 heterocycles. The minimum absolute atomic E-state index is 0.252. The first kappa shape index (κ1) is 28.1. The van der Waals surface area contributed by atoms with Crippen LogP contribution in [0.1, 0.15) is 111 Å². The maximum absolute atomic E-state index is 13.0. The highest BCUT2D eigenvalue weighted by atomic mass is 16.2. The minimum Gasteiger partial charge on any atom is -0.365 e. The number of amides is 1. The first-order chi connectivity index (χ1) is 18.6. The Bertz CT molecular complexity index is 1100. The number of carbonyl (C=O) groups is 1. The van der Waals surface area contributed by atoms with Gasteiger partial charge in [-0.3, -0.25) is 4.79 Å². The number of carbonyl (C=O) groups excluding carboxylic acids is 1. The summed E-state index contributed by atoms with van der Waals surface area (Å²) in [6.07, 6.45) is 14.6. The number of imidazole rings is 1. The Morgan fingerprint density at radius 3 is 2.33 bits per heavy atom. The van der Waals surface area contributed by atoms with E-state index in [0.717, 1.165) is 75.0 Å². The van der Waals surface area contributed by atoms with Crippen molar-refractivity contribution in [1.82, 2.24) is 24.4 Å². The third-order valence-electron chi connectivity index (χ3n) is 8.92. The summed E-state index contributed by atoms with van der Waals surface area (Å²) in [5.74, 6) is 2.20. The predicted octanol–water partition coefficient (Wildman–Crippen LogP) is 5.49. The Labute approximate surface area is 234 Å². The lowest BCUT2D eigenvalue weighted by molar-refractivity contribution is -0.133. The van der Waals surface area contributed by atoms with Crippen molar-refractivity contribution >= 4 is 28.8 Å². The molecule has 9 nitrogen and oxygen atoms in total. The summed E-state index contributed by atoms with van der Waals surface area (Å²) in [7, 11) is 0. The molecule has 39 heavy (non-hydrogen) atoms. The zero-order valence-electron chi connectivity index (χ0n) is 24.6. The maximum atomic E-state index is 13.0. The van der Waals surface area contributed by atoms with E-state index in [1.54, 1.807) is 0 Å². The fourth-order valence-corrected chi connectivity index (χ4v) is 6.99. The van der Waals surface area contributed by atoms with Crippen LogP contribution in [0.3, 0.4) is 0 Å². The molecule has 2 aliphatic carbocycles.